The fourth-order valence-electron chi connectivity index (χ4n) is 1.78. The van der Waals surface area contributed by atoms with Crippen LogP contribution in [0.1, 0.15) is 17.3 Å². The number of pyridine rings is 1. The molecule has 0 fully saturated rings. The first kappa shape index (κ1) is 12.2. The van der Waals surface area contributed by atoms with Gasteiger partial charge in [0.05, 0.1) is 30.5 Å². The molecule has 5 heteroatoms. The molecule has 1 aromatic carbocycles. The summed E-state index contributed by atoms with van der Waals surface area (Å²) in [7, 11) is 1.57. The molecule has 0 saturated heterocycles. The second kappa shape index (κ2) is 4.91. The molecule has 0 unspecified atom stereocenters. The van der Waals surface area contributed by atoms with Crippen molar-refractivity contribution in [3.63, 3.8) is 0 Å². The molecule has 0 saturated carbocycles. The van der Waals surface area contributed by atoms with Crippen molar-refractivity contribution in [2.24, 2.45) is 0 Å². The Morgan fingerprint density at radius 2 is 2.17 bits per heavy atom. The lowest BCUT2D eigenvalue weighted by Crippen LogP contribution is -2.08. The number of nitrogen functional groups attached to an aromatic ring is 1. The summed E-state index contributed by atoms with van der Waals surface area (Å²) in [5.41, 5.74) is 7.13. The van der Waals surface area contributed by atoms with E-state index in [9.17, 15) is 4.79 Å². The highest BCUT2D eigenvalue weighted by Gasteiger charge is 2.15. The lowest BCUT2D eigenvalue weighted by atomic mass is 10.1. The van der Waals surface area contributed by atoms with Crippen LogP contribution in [0.3, 0.4) is 0 Å². The number of nitrogens with two attached hydrogens (primary N) is 1. The Balaban J connectivity index is 2.61. The number of fused-ring (bicyclic) bond motifs is 1. The second-order valence-electron chi connectivity index (χ2n) is 3.66. The van der Waals surface area contributed by atoms with E-state index < -0.39 is 5.97 Å². The molecule has 2 N–H and O–H groups in total. The molecule has 0 aliphatic heterocycles. The van der Waals surface area contributed by atoms with Crippen LogP contribution in [0.5, 0.6) is 5.75 Å². The number of hydrogen-bond donors (Lipinski definition) is 1. The van der Waals surface area contributed by atoms with Crippen LogP contribution >= 0.6 is 0 Å². The maximum Gasteiger partial charge on any atom is 0.340 e. The van der Waals surface area contributed by atoms with Gasteiger partial charge < -0.3 is 15.2 Å². The number of aromatic nitrogens is 1. The third-order valence-electron chi connectivity index (χ3n) is 2.63. The first-order valence-electron chi connectivity index (χ1n) is 5.57. The Hall–Kier alpha value is -2.30. The van der Waals surface area contributed by atoms with E-state index in [1.165, 1.54) is 0 Å². The molecule has 94 valence electrons. The summed E-state index contributed by atoms with van der Waals surface area (Å²) >= 11 is 0. The summed E-state index contributed by atoms with van der Waals surface area (Å²) in [5.74, 6) is 0.226. The predicted molar refractivity (Wildman–Crippen MR) is 68.7 cm³/mol. The van der Waals surface area contributed by atoms with Gasteiger partial charge in [-0.1, -0.05) is 0 Å². The van der Waals surface area contributed by atoms with Gasteiger partial charge in [0, 0.05) is 11.6 Å². The largest absolute Gasteiger partial charge is 0.496 e. The second-order valence-corrected chi connectivity index (χ2v) is 3.66. The number of hydrogen-bond acceptors (Lipinski definition) is 5. The van der Waals surface area contributed by atoms with Crippen molar-refractivity contribution < 1.29 is 14.3 Å². The van der Waals surface area contributed by atoms with E-state index in [0.29, 0.717) is 29.1 Å². The van der Waals surface area contributed by atoms with Gasteiger partial charge in [0.2, 0.25) is 0 Å². The summed E-state index contributed by atoms with van der Waals surface area (Å²) in [6.45, 7) is 2.05. The van der Waals surface area contributed by atoms with Gasteiger partial charge in [-0.25, -0.2) is 4.79 Å². The molecular formula is C13H14N2O3. The van der Waals surface area contributed by atoms with E-state index in [4.69, 9.17) is 15.2 Å². The maximum atomic E-state index is 11.7. The van der Waals surface area contributed by atoms with Crippen molar-refractivity contribution >= 4 is 22.6 Å². The van der Waals surface area contributed by atoms with Crippen LogP contribution in [0, 0.1) is 0 Å². The quantitative estimate of drug-likeness (QED) is 0.662. The number of carbonyl (C=O) groups excluding carboxylic acids is 1. The molecular weight excluding hydrogens is 232 g/mol. The summed E-state index contributed by atoms with van der Waals surface area (Å²) in [6, 6.07) is 5.12. The summed E-state index contributed by atoms with van der Waals surface area (Å²) in [4.78, 5) is 15.9. The lowest BCUT2D eigenvalue weighted by Gasteiger charge is -2.10. The fraction of sp³-hybridized carbons (Fsp3) is 0.231. The van der Waals surface area contributed by atoms with Gasteiger partial charge in [0.15, 0.2) is 0 Å². The van der Waals surface area contributed by atoms with E-state index in [1.54, 1.807) is 38.4 Å². The van der Waals surface area contributed by atoms with E-state index in [0.717, 1.165) is 5.39 Å². The first-order chi connectivity index (χ1) is 8.69. The van der Waals surface area contributed by atoms with Crippen LogP contribution in [0.15, 0.2) is 24.4 Å². The molecule has 0 amide bonds. The molecule has 18 heavy (non-hydrogen) atoms. The van der Waals surface area contributed by atoms with E-state index in [2.05, 4.69) is 4.98 Å². The molecule has 5 nitrogen and oxygen atoms in total. The SMILES string of the molecule is CCOC(=O)c1ccc2c(OC)ccnc2c1N. The standard InChI is InChI=1S/C13H14N2O3/c1-3-18-13(16)9-5-4-8-10(17-2)6-7-15-12(8)11(9)14/h4-7H,3,14H2,1-2H3. The molecule has 0 spiro atoms. The Morgan fingerprint density at radius 3 is 2.83 bits per heavy atom. The van der Waals surface area contributed by atoms with Crippen LogP contribution in [-0.4, -0.2) is 24.7 Å². The predicted octanol–water partition coefficient (Wildman–Crippen LogP) is 2.00. The molecule has 1 heterocycles. The third kappa shape index (κ3) is 1.95. The number of rotatable bonds is 3. The molecule has 2 rings (SSSR count). The molecule has 2 aromatic rings. The first-order valence-corrected chi connectivity index (χ1v) is 5.57. The summed E-state index contributed by atoms with van der Waals surface area (Å²) in [5, 5.41) is 0.769. The third-order valence-corrected chi connectivity index (χ3v) is 2.63. The smallest absolute Gasteiger partial charge is 0.340 e. The number of methoxy groups -OCH3 is 1. The zero-order chi connectivity index (χ0) is 13.1. The molecule has 0 aliphatic rings. The molecule has 1 aromatic heterocycles. The Morgan fingerprint density at radius 1 is 1.39 bits per heavy atom. The Kier molecular flexibility index (Phi) is 3.32. The lowest BCUT2D eigenvalue weighted by molar-refractivity contribution is 0.0528. The van der Waals surface area contributed by atoms with Crippen molar-refractivity contribution in [2.75, 3.05) is 19.5 Å². The topological polar surface area (TPSA) is 74.4 Å². The van der Waals surface area contributed by atoms with Crippen molar-refractivity contribution in [1.82, 2.24) is 4.98 Å². The number of carbonyl (C=O) groups is 1. The number of esters is 1. The van der Waals surface area contributed by atoms with Crippen LogP contribution in [0.25, 0.3) is 10.9 Å². The van der Waals surface area contributed by atoms with Crippen LogP contribution in [0.2, 0.25) is 0 Å². The number of benzene rings is 1. The highest BCUT2D eigenvalue weighted by Crippen LogP contribution is 2.29. The fourth-order valence-corrected chi connectivity index (χ4v) is 1.78. The number of nitrogens with zero attached hydrogens (tertiary/aromatic N) is 1. The molecule has 0 radical (unpaired) electrons. The van der Waals surface area contributed by atoms with Crippen LogP contribution < -0.4 is 10.5 Å². The Labute approximate surface area is 105 Å². The highest BCUT2D eigenvalue weighted by molar-refractivity contribution is 6.05. The number of ether oxygens (including phenoxy) is 2. The zero-order valence-corrected chi connectivity index (χ0v) is 10.3. The van der Waals surface area contributed by atoms with Gasteiger partial charge >= 0.3 is 5.97 Å². The van der Waals surface area contributed by atoms with Gasteiger partial charge in [-0.05, 0) is 25.1 Å². The van der Waals surface area contributed by atoms with E-state index in [1.807, 2.05) is 0 Å². The summed E-state index contributed by atoms with van der Waals surface area (Å²) < 4.78 is 10.2. The zero-order valence-electron chi connectivity index (χ0n) is 10.3. The van der Waals surface area contributed by atoms with E-state index >= 15 is 0 Å². The monoisotopic (exact) mass is 246 g/mol. The van der Waals surface area contributed by atoms with Gasteiger partial charge in [-0.3, -0.25) is 4.98 Å². The van der Waals surface area contributed by atoms with E-state index in [-0.39, 0.29) is 0 Å². The normalized spacial score (nSPS) is 10.3. The van der Waals surface area contributed by atoms with Crippen molar-refractivity contribution in [3.05, 3.63) is 30.0 Å². The Bertz CT molecular complexity index is 596. The van der Waals surface area contributed by atoms with Crippen molar-refractivity contribution in [3.8, 4) is 5.75 Å². The van der Waals surface area contributed by atoms with Gasteiger partial charge in [-0.15, -0.1) is 0 Å². The molecule has 0 aliphatic carbocycles. The maximum absolute atomic E-state index is 11.7. The van der Waals surface area contributed by atoms with Gasteiger partial charge in [0.25, 0.3) is 0 Å². The minimum Gasteiger partial charge on any atom is -0.496 e. The average molecular weight is 246 g/mol. The van der Waals surface area contributed by atoms with Crippen molar-refractivity contribution in [2.45, 2.75) is 6.92 Å². The number of anilines is 1. The van der Waals surface area contributed by atoms with Crippen molar-refractivity contribution in [1.29, 1.82) is 0 Å². The molecule has 0 bridgehead atoms. The summed E-state index contributed by atoms with van der Waals surface area (Å²) in [6.07, 6.45) is 1.59. The highest BCUT2D eigenvalue weighted by atomic mass is 16.5. The average Bonchev–Trinajstić information content (AvgIpc) is 2.39. The van der Waals surface area contributed by atoms with Crippen LogP contribution in [-0.2, 0) is 4.74 Å². The van der Waals surface area contributed by atoms with Crippen LogP contribution in [0.4, 0.5) is 5.69 Å². The minimum atomic E-state index is -0.443. The van der Waals surface area contributed by atoms with Gasteiger partial charge in [-0.2, -0.15) is 0 Å². The molecule has 0 atom stereocenters. The minimum absolute atomic E-state index is 0.307. The van der Waals surface area contributed by atoms with Gasteiger partial charge in [0.1, 0.15) is 5.75 Å².